The average molecular weight is 332 g/mol. The third kappa shape index (κ3) is 4.80. The maximum atomic E-state index is 11.9. The maximum absolute atomic E-state index is 11.9. The number of carbonyl (C=O) groups excluding carboxylic acids is 3. The van der Waals surface area contributed by atoms with Gasteiger partial charge >= 0.3 is 0 Å². The molecule has 2 rings (SSSR count). The summed E-state index contributed by atoms with van der Waals surface area (Å²) in [5.74, 6) is -0.133. The number of amides is 3. The Morgan fingerprint density at radius 3 is 2.54 bits per heavy atom. The van der Waals surface area contributed by atoms with Crippen LogP contribution in [0.1, 0.15) is 18.4 Å². The predicted molar refractivity (Wildman–Crippen MR) is 87.3 cm³/mol. The number of carbonyl (C=O) groups is 3. The van der Waals surface area contributed by atoms with Crippen molar-refractivity contribution in [2.75, 3.05) is 20.7 Å². The van der Waals surface area contributed by atoms with Crippen LogP contribution in [0.5, 0.6) is 5.75 Å². The molecular weight excluding hydrogens is 312 g/mol. The lowest BCUT2D eigenvalue weighted by Gasteiger charge is -2.18. The van der Waals surface area contributed by atoms with Gasteiger partial charge in [0.05, 0.1) is 13.7 Å². The van der Waals surface area contributed by atoms with Crippen molar-refractivity contribution >= 4 is 23.4 Å². The van der Waals surface area contributed by atoms with Crippen LogP contribution in [0.2, 0.25) is 0 Å². The second-order valence-electron chi connectivity index (χ2n) is 5.27. The molecule has 1 aliphatic heterocycles. The second kappa shape index (κ2) is 8.09. The Bertz CT molecular complexity index is 655. The Morgan fingerprint density at radius 2 is 1.92 bits per heavy atom. The van der Waals surface area contributed by atoms with Crippen LogP contribution in [0.25, 0.3) is 0 Å². The van der Waals surface area contributed by atoms with E-state index in [-0.39, 0.29) is 36.9 Å². The van der Waals surface area contributed by atoms with Crippen molar-refractivity contribution in [3.63, 3.8) is 0 Å². The van der Waals surface area contributed by atoms with Crippen molar-refractivity contribution in [3.8, 4) is 5.75 Å². The first-order chi connectivity index (χ1) is 11.5. The van der Waals surface area contributed by atoms with E-state index in [9.17, 15) is 14.4 Å². The summed E-state index contributed by atoms with van der Waals surface area (Å²) in [4.78, 5) is 35.0. The summed E-state index contributed by atoms with van der Waals surface area (Å²) < 4.78 is 5.06. The zero-order valence-electron chi connectivity index (χ0n) is 13.7. The van der Waals surface area contributed by atoms with Gasteiger partial charge < -0.3 is 15.4 Å². The Hall–Kier alpha value is -2.90. The number of hydrogen-bond donors (Lipinski definition) is 2. The van der Waals surface area contributed by atoms with E-state index < -0.39 is 5.91 Å². The molecule has 0 fully saturated rings. The molecule has 0 aliphatic carbocycles. The quantitative estimate of drug-likeness (QED) is 0.768. The topological polar surface area (TPSA) is 100 Å². The molecule has 0 bridgehead atoms. The van der Waals surface area contributed by atoms with Crippen LogP contribution in [0, 0.1) is 0 Å². The molecule has 2 N–H and O–H groups in total. The molecule has 1 aromatic carbocycles. The van der Waals surface area contributed by atoms with Gasteiger partial charge in [-0.1, -0.05) is 12.1 Å². The van der Waals surface area contributed by atoms with Gasteiger partial charge in [-0.05, 0) is 17.7 Å². The van der Waals surface area contributed by atoms with E-state index in [2.05, 4.69) is 15.7 Å². The number of hydrogen-bond acceptors (Lipinski definition) is 5. The number of benzene rings is 1. The molecule has 24 heavy (non-hydrogen) atoms. The van der Waals surface area contributed by atoms with Crippen LogP contribution < -0.4 is 15.4 Å². The highest BCUT2D eigenvalue weighted by Gasteiger charge is 2.22. The van der Waals surface area contributed by atoms with Crippen molar-refractivity contribution in [2.45, 2.75) is 19.4 Å². The van der Waals surface area contributed by atoms with Gasteiger partial charge in [0.1, 0.15) is 11.5 Å². The van der Waals surface area contributed by atoms with Crippen LogP contribution in [-0.4, -0.2) is 49.1 Å². The van der Waals surface area contributed by atoms with Gasteiger partial charge in [0.15, 0.2) is 0 Å². The second-order valence-corrected chi connectivity index (χ2v) is 5.27. The molecule has 0 spiro atoms. The standard InChI is InChI=1S/C16H20N4O4/c1-20-15(22)8-7-13(19-20)16(23)18-10-14(21)17-9-11-3-5-12(24-2)6-4-11/h3-6H,7-10H2,1-2H3,(H,17,21)(H,18,23). The molecule has 0 saturated carbocycles. The summed E-state index contributed by atoms with van der Waals surface area (Å²) in [6.07, 6.45) is 0.523. The zero-order valence-corrected chi connectivity index (χ0v) is 13.7. The lowest BCUT2D eigenvalue weighted by Crippen LogP contribution is -2.42. The SMILES string of the molecule is COc1ccc(CNC(=O)CNC(=O)C2=NN(C)C(=O)CC2)cc1. The number of nitrogens with zero attached hydrogens (tertiary/aromatic N) is 2. The zero-order chi connectivity index (χ0) is 17.5. The lowest BCUT2D eigenvalue weighted by atomic mass is 10.1. The molecule has 0 atom stereocenters. The molecule has 1 aromatic rings. The first kappa shape index (κ1) is 17.5. The molecule has 1 heterocycles. The molecule has 0 saturated heterocycles. The fourth-order valence-corrected chi connectivity index (χ4v) is 2.10. The van der Waals surface area contributed by atoms with Gasteiger partial charge in [0.2, 0.25) is 11.8 Å². The third-order valence-corrected chi connectivity index (χ3v) is 3.53. The summed E-state index contributed by atoms with van der Waals surface area (Å²) >= 11 is 0. The Balaban J connectivity index is 1.75. The summed E-state index contributed by atoms with van der Waals surface area (Å²) in [5, 5.41) is 10.3. The number of rotatable bonds is 6. The summed E-state index contributed by atoms with van der Waals surface area (Å²) in [5.41, 5.74) is 1.17. The molecule has 0 aromatic heterocycles. The highest BCUT2D eigenvalue weighted by Crippen LogP contribution is 2.10. The highest BCUT2D eigenvalue weighted by atomic mass is 16.5. The number of methoxy groups -OCH3 is 1. The smallest absolute Gasteiger partial charge is 0.267 e. The van der Waals surface area contributed by atoms with Gasteiger partial charge in [0.25, 0.3) is 5.91 Å². The average Bonchev–Trinajstić information content (AvgIpc) is 2.60. The van der Waals surface area contributed by atoms with Crippen LogP contribution in [0.15, 0.2) is 29.4 Å². The van der Waals surface area contributed by atoms with Crippen molar-refractivity contribution in [1.82, 2.24) is 15.6 Å². The third-order valence-electron chi connectivity index (χ3n) is 3.53. The molecule has 3 amide bonds. The van der Waals surface area contributed by atoms with Gasteiger partial charge in [-0.15, -0.1) is 0 Å². The Morgan fingerprint density at radius 1 is 1.21 bits per heavy atom. The van der Waals surface area contributed by atoms with E-state index in [4.69, 9.17) is 4.74 Å². The van der Waals surface area contributed by atoms with Crippen LogP contribution in [0.4, 0.5) is 0 Å². The van der Waals surface area contributed by atoms with Crippen LogP contribution >= 0.6 is 0 Å². The molecule has 1 aliphatic rings. The Kier molecular flexibility index (Phi) is 5.89. The minimum absolute atomic E-state index is 0.135. The van der Waals surface area contributed by atoms with Gasteiger partial charge in [-0.3, -0.25) is 14.4 Å². The van der Waals surface area contributed by atoms with Crippen molar-refractivity contribution in [1.29, 1.82) is 0 Å². The fourth-order valence-electron chi connectivity index (χ4n) is 2.10. The number of ether oxygens (including phenoxy) is 1. The fraction of sp³-hybridized carbons (Fsp3) is 0.375. The lowest BCUT2D eigenvalue weighted by molar-refractivity contribution is -0.130. The normalized spacial score (nSPS) is 14.0. The van der Waals surface area contributed by atoms with Gasteiger partial charge in [0, 0.05) is 26.4 Å². The van der Waals surface area contributed by atoms with E-state index in [1.807, 2.05) is 24.3 Å². The van der Waals surface area contributed by atoms with Crippen molar-refractivity contribution in [3.05, 3.63) is 29.8 Å². The monoisotopic (exact) mass is 332 g/mol. The largest absolute Gasteiger partial charge is 0.497 e. The van der Waals surface area contributed by atoms with Gasteiger partial charge in [-0.2, -0.15) is 5.10 Å². The summed E-state index contributed by atoms with van der Waals surface area (Å²) in [6.45, 7) is 0.211. The highest BCUT2D eigenvalue weighted by molar-refractivity contribution is 6.39. The Labute approximate surface area is 139 Å². The van der Waals surface area contributed by atoms with E-state index in [0.717, 1.165) is 16.3 Å². The van der Waals surface area contributed by atoms with Crippen LogP contribution in [-0.2, 0) is 20.9 Å². The minimum atomic E-state index is -0.436. The van der Waals surface area contributed by atoms with E-state index in [1.54, 1.807) is 7.11 Å². The first-order valence-electron chi connectivity index (χ1n) is 7.51. The molecule has 0 radical (unpaired) electrons. The summed E-state index contributed by atoms with van der Waals surface area (Å²) in [6, 6.07) is 7.31. The minimum Gasteiger partial charge on any atom is -0.497 e. The van der Waals surface area contributed by atoms with E-state index in [1.165, 1.54) is 7.05 Å². The van der Waals surface area contributed by atoms with Crippen molar-refractivity contribution in [2.24, 2.45) is 5.10 Å². The molecule has 8 heteroatoms. The van der Waals surface area contributed by atoms with Crippen molar-refractivity contribution < 1.29 is 19.1 Å². The number of nitrogens with one attached hydrogen (secondary N) is 2. The van der Waals surface area contributed by atoms with Gasteiger partial charge in [-0.25, -0.2) is 5.01 Å². The number of hydrazone groups is 1. The maximum Gasteiger partial charge on any atom is 0.267 e. The van der Waals surface area contributed by atoms with E-state index in [0.29, 0.717) is 6.54 Å². The van der Waals surface area contributed by atoms with E-state index >= 15 is 0 Å². The molecule has 8 nitrogen and oxygen atoms in total. The first-order valence-corrected chi connectivity index (χ1v) is 7.51. The molecular formula is C16H20N4O4. The predicted octanol–water partition coefficient (Wildman–Crippen LogP) is 0.0358. The summed E-state index contributed by atoms with van der Waals surface area (Å²) in [7, 11) is 3.08. The molecule has 128 valence electrons. The van der Waals surface area contributed by atoms with Crippen LogP contribution in [0.3, 0.4) is 0 Å². The molecule has 0 unspecified atom stereocenters.